The number of alkyl halides is 1. The number of nitrogens with one attached hydrogen (secondary N) is 3. The van der Waals surface area contributed by atoms with Crippen molar-refractivity contribution in [3.05, 3.63) is 0 Å². The Bertz CT molecular complexity index is 294. The second-order valence-electron chi connectivity index (χ2n) is 3.49. The molecule has 0 aromatic carbocycles. The molecule has 0 aromatic rings. The van der Waals surface area contributed by atoms with E-state index < -0.39 is 17.3 Å². The highest BCUT2D eigenvalue weighted by Crippen LogP contribution is 1.91. The van der Waals surface area contributed by atoms with Crippen LogP contribution in [0.2, 0.25) is 0 Å². The monoisotopic (exact) mass is 264 g/mol. The smallest absolute Gasteiger partial charge is 0.321 e. The first-order chi connectivity index (χ1) is 7.84. The predicted molar refractivity (Wildman–Crippen MR) is 63.9 cm³/mol. The molecular formula is C9H17ClN4O3. The lowest BCUT2D eigenvalue weighted by Crippen LogP contribution is -2.45. The van der Waals surface area contributed by atoms with Gasteiger partial charge in [-0.05, 0) is 6.92 Å². The molecule has 0 fully saturated rings. The number of halogens is 1. The van der Waals surface area contributed by atoms with Crippen LogP contribution in [0.4, 0.5) is 9.59 Å². The van der Waals surface area contributed by atoms with Crippen molar-refractivity contribution < 1.29 is 14.4 Å². The molecule has 0 bridgehead atoms. The number of urea groups is 2. The van der Waals surface area contributed by atoms with Gasteiger partial charge in [0.15, 0.2) is 0 Å². The molecule has 7 nitrogen and oxygen atoms in total. The highest BCUT2D eigenvalue weighted by atomic mass is 35.5. The van der Waals surface area contributed by atoms with E-state index >= 15 is 0 Å². The fraction of sp³-hybridized carbons (Fsp3) is 0.667. The van der Waals surface area contributed by atoms with Crippen LogP contribution < -0.4 is 16.0 Å². The Kier molecular flexibility index (Phi) is 7.04. The lowest BCUT2D eigenvalue weighted by Gasteiger charge is -2.12. The SMILES string of the molecule is CC(Cl)C(=O)NC(=O)NCCNC(=O)N(C)C. The van der Waals surface area contributed by atoms with Gasteiger partial charge in [0.05, 0.1) is 0 Å². The zero-order valence-corrected chi connectivity index (χ0v) is 10.8. The largest absolute Gasteiger partial charge is 0.336 e. The number of imide groups is 1. The van der Waals surface area contributed by atoms with Crippen LogP contribution in [0.3, 0.4) is 0 Å². The van der Waals surface area contributed by atoms with Crippen LogP contribution in [0.25, 0.3) is 0 Å². The molecule has 0 aromatic heterocycles. The molecule has 0 aliphatic rings. The van der Waals surface area contributed by atoms with E-state index in [1.54, 1.807) is 14.1 Å². The summed E-state index contributed by atoms with van der Waals surface area (Å²) in [5.41, 5.74) is 0. The van der Waals surface area contributed by atoms with Crippen molar-refractivity contribution in [1.29, 1.82) is 0 Å². The summed E-state index contributed by atoms with van der Waals surface area (Å²) in [4.78, 5) is 34.6. The predicted octanol–water partition coefficient (Wildman–Crippen LogP) is -0.289. The van der Waals surface area contributed by atoms with Crippen LogP contribution in [-0.4, -0.2) is 55.4 Å². The van der Waals surface area contributed by atoms with Crippen molar-refractivity contribution in [2.24, 2.45) is 0 Å². The number of hydrogen-bond acceptors (Lipinski definition) is 3. The second-order valence-corrected chi connectivity index (χ2v) is 4.14. The third-order valence-corrected chi connectivity index (χ3v) is 1.89. The molecule has 0 saturated heterocycles. The Hall–Kier alpha value is -1.50. The molecule has 1 unspecified atom stereocenters. The molecule has 17 heavy (non-hydrogen) atoms. The van der Waals surface area contributed by atoms with Crippen LogP contribution in [0.5, 0.6) is 0 Å². The van der Waals surface area contributed by atoms with E-state index in [4.69, 9.17) is 11.6 Å². The minimum absolute atomic E-state index is 0.218. The van der Waals surface area contributed by atoms with Crippen molar-refractivity contribution in [2.45, 2.75) is 12.3 Å². The number of amides is 5. The zero-order chi connectivity index (χ0) is 13.4. The molecule has 5 amide bonds. The molecule has 3 N–H and O–H groups in total. The Labute approximate surface area is 105 Å². The standard InChI is InChI=1S/C9H17ClN4O3/c1-6(10)7(15)13-8(16)11-4-5-12-9(17)14(2)3/h6H,4-5H2,1-3H3,(H,12,17)(H2,11,13,15,16). The number of hydrogen-bond donors (Lipinski definition) is 3. The van der Waals surface area contributed by atoms with Crippen molar-refractivity contribution in [3.63, 3.8) is 0 Å². The lowest BCUT2D eigenvalue weighted by molar-refractivity contribution is -0.119. The molecule has 0 heterocycles. The maximum Gasteiger partial charge on any atom is 0.321 e. The highest BCUT2D eigenvalue weighted by Gasteiger charge is 2.12. The maximum atomic E-state index is 11.1. The average Bonchev–Trinajstić information content (AvgIpc) is 2.23. The summed E-state index contributed by atoms with van der Waals surface area (Å²) in [7, 11) is 3.21. The molecule has 1 atom stereocenters. The van der Waals surface area contributed by atoms with E-state index in [0.717, 1.165) is 0 Å². The summed E-state index contributed by atoms with van der Waals surface area (Å²) < 4.78 is 0. The van der Waals surface area contributed by atoms with Gasteiger partial charge in [-0.2, -0.15) is 0 Å². The fourth-order valence-electron chi connectivity index (χ4n) is 0.759. The Morgan fingerprint density at radius 1 is 1.18 bits per heavy atom. The summed E-state index contributed by atoms with van der Waals surface area (Å²) in [6.07, 6.45) is 0. The first-order valence-corrected chi connectivity index (χ1v) is 5.46. The summed E-state index contributed by atoms with van der Waals surface area (Å²) in [6, 6.07) is -0.890. The average molecular weight is 265 g/mol. The van der Waals surface area contributed by atoms with E-state index in [-0.39, 0.29) is 19.1 Å². The van der Waals surface area contributed by atoms with Gasteiger partial charge in [-0.15, -0.1) is 11.6 Å². The minimum atomic E-state index is -0.769. The lowest BCUT2D eigenvalue weighted by atomic mass is 10.4. The molecule has 98 valence electrons. The summed E-state index contributed by atoms with van der Waals surface area (Å²) in [6.45, 7) is 1.95. The molecule has 8 heteroatoms. The quantitative estimate of drug-likeness (QED) is 0.481. The maximum absolute atomic E-state index is 11.1. The van der Waals surface area contributed by atoms with E-state index in [0.29, 0.717) is 0 Å². The summed E-state index contributed by atoms with van der Waals surface area (Å²) in [5.74, 6) is -0.568. The van der Waals surface area contributed by atoms with E-state index in [1.807, 2.05) is 5.32 Å². The van der Waals surface area contributed by atoms with Gasteiger partial charge in [-0.3, -0.25) is 10.1 Å². The Morgan fingerprint density at radius 3 is 2.18 bits per heavy atom. The normalized spacial score (nSPS) is 11.3. The molecule has 0 aliphatic carbocycles. The molecular weight excluding hydrogens is 248 g/mol. The van der Waals surface area contributed by atoms with Gasteiger partial charge < -0.3 is 15.5 Å². The first-order valence-electron chi connectivity index (χ1n) is 5.02. The molecule has 0 radical (unpaired) electrons. The van der Waals surface area contributed by atoms with E-state index in [2.05, 4.69) is 10.6 Å². The van der Waals surface area contributed by atoms with Crippen LogP contribution in [-0.2, 0) is 4.79 Å². The van der Waals surface area contributed by atoms with Crippen LogP contribution in [0.1, 0.15) is 6.92 Å². The van der Waals surface area contributed by atoms with Crippen molar-refractivity contribution in [2.75, 3.05) is 27.2 Å². The van der Waals surface area contributed by atoms with Crippen LogP contribution in [0, 0.1) is 0 Å². The van der Waals surface area contributed by atoms with Crippen LogP contribution >= 0.6 is 11.6 Å². The van der Waals surface area contributed by atoms with Gasteiger partial charge in [0.1, 0.15) is 5.38 Å². The summed E-state index contributed by atoms with van der Waals surface area (Å²) in [5, 5.41) is 6.22. The van der Waals surface area contributed by atoms with E-state index in [9.17, 15) is 14.4 Å². The number of carbonyl (C=O) groups is 3. The first kappa shape index (κ1) is 15.5. The van der Waals surface area contributed by atoms with Gasteiger partial charge in [-0.1, -0.05) is 0 Å². The highest BCUT2D eigenvalue weighted by molar-refractivity contribution is 6.31. The third-order valence-electron chi connectivity index (χ3n) is 1.69. The van der Waals surface area contributed by atoms with Gasteiger partial charge in [0.25, 0.3) is 0 Å². The van der Waals surface area contributed by atoms with Gasteiger partial charge in [0.2, 0.25) is 5.91 Å². The number of nitrogens with zero attached hydrogens (tertiary/aromatic N) is 1. The zero-order valence-electron chi connectivity index (χ0n) is 10.0. The Morgan fingerprint density at radius 2 is 1.71 bits per heavy atom. The third kappa shape index (κ3) is 7.40. The van der Waals surface area contributed by atoms with Crippen molar-refractivity contribution >= 4 is 29.6 Å². The molecule has 0 saturated carbocycles. The van der Waals surface area contributed by atoms with Crippen molar-refractivity contribution in [3.8, 4) is 0 Å². The minimum Gasteiger partial charge on any atom is -0.336 e. The van der Waals surface area contributed by atoms with E-state index in [1.165, 1.54) is 11.8 Å². The summed E-state index contributed by atoms with van der Waals surface area (Å²) >= 11 is 5.46. The molecule has 0 rings (SSSR count). The van der Waals surface area contributed by atoms with Crippen LogP contribution in [0.15, 0.2) is 0 Å². The van der Waals surface area contributed by atoms with Crippen molar-refractivity contribution in [1.82, 2.24) is 20.9 Å². The number of rotatable bonds is 4. The van der Waals surface area contributed by atoms with Gasteiger partial charge in [-0.25, -0.2) is 9.59 Å². The molecule has 0 aliphatic heterocycles. The second kappa shape index (κ2) is 7.72. The van der Waals surface area contributed by atoms with Gasteiger partial charge >= 0.3 is 12.1 Å². The van der Waals surface area contributed by atoms with Gasteiger partial charge in [0, 0.05) is 27.2 Å². The topological polar surface area (TPSA) is 90.5 Å². The number of carbonyl (C=O) groups excluding carboxylic acids is 3. The Balaban J connectivity index is 3.66. The molecule has 0 spiro atoms. The fourth-order valence-corrected chi connectivity index (χ4v) is 0.814.